The molecular formula is C10H8ClNO. The van der Waals surface area contributed by atoms with Crippen molar-refractivity contribution < 1.29 is 4.42 Å². The summed E-state index contributed by atoms with van der Waals surface area (Å²) >= 11 is 5.76. The molecule has 0 spiro atoms. The second-order valence-corrected chi connectivity index (χ2v) is 3.21. The Labute approximate surface area is 81.2 Å². The van der Waals surface area contributed by atoms with Crippen LogP contribution < -0.4 is 0 Å². The lowest BCUT2D eigenvalue weighted by molar-refractivity contribution is 0.514. The van der Waals surface area contributed by atoms with E-state index in [-0.39, 0.29) is 0 Å². The van der Waals surface area contributed by atoms with Gasteiger partial charge in [-0.1, -0.05) is 23.7 Å². The quantitative estimate of drug-likeness (QED) is 0.733. The SMILES string of the molecule is Clc1ccc(Cc2cnco2)cc1. The maximum Gasteiger partial charge on any atom is 0.180 e. The van der Waals surface area contributed by atoms with Gasteiger partial charge in [-0.3, -0.25) is 0 Å². The lowest BCUT2D eigenvalue weighted by atomic mass is 10.1. The summed E-state index contributed by atoms with van der Waals surface area (Å²) in [6.07, 6.45) is 3.91. The number of hydrogen-bond donors (Lipinski definition) is 0. The predicted molar refractivity (Wildman–Crippen MR) is 50.8 cm³/mol. The van der Waals surface area contributed by atoms with Crippen molar-refractivity contribution in [2.24, 2.45) is 0 Å². The Morgan fingerprint density at radius 2 is 2.00 bits per heavy atom. The standard InChI is InChI=1S/C10H8ClNO/c11-9-3-1-8(2-4-9)5-10-6-12-7-13-10/h1-4,6-7H,5H2. The van der Waals surface area contributed by atoms with Crippen LogP contribution in [-0.2, 0) is 6.42 Å². The maximum atomic E-state index is 5.76. The molecule has 2 nitrogen and oxygen atoms in total. The Bertz CT molecular complexity index is 366. The summed E-state index contributed by atoms with van der Waals surface area (Å²) in [5.41, 5.74) is 1.17. The highest BCUT2D eigenvalue weighted by molar-refractivity contribution is 6.30. The van der Waals surface area contributed by atoms with Gasteiger partial charge < -0.3 is 4.42 Å². The van der Waals surface area contributed by atoms with Gasteiger partial charge in [0, 0.05) is 11.4 Å². The van der Waals surface area contributed by atoms with E-state index in [9.17, 15) is 0 Å². The topological polar surface area (TPSA) is 26.0 Å². The van der Waals surface area contributed by atoms with Gasteiger partial charge in [-0.15, -0.1) is 0 Å². The molecule has 0 aliphatic heterocycles. The zero-order chi connectivity index (χ0) is 9.10. The molecule has 1 heterocycles. The molecule has 0 saturated heterocycles. The minimum atomic E-state index is 0.751. The molecule has 13 heavy (non-hydrogen) atoms. The summed E-state index contributed by atoms with van der Waals surface area (Å²) in [6, 6.07) is 7.69. The first kappa shape index (κ1) is 8.32. The Morgan fingerprint density at radius 3 is 2.62 bits per heavy atom. The second-order valence-electron chi connectivity index (χ2n) is 2.77. The fraction of sp³-hybridized carbons (Fsp3) is 0.100. The molecule has 2 aromatic rings. The van der Waals surface area contributed by atoms with Gasteiger partial charge in [0.1, 0.15) is 5.76 Å². The lowest BCUT2D eigenvalue weighted by Gasteiger charge is -1.96. The van der Waals surface area contributed by atoms with Gasteiger partial charge in [0.05, 0.1) is 6.20 Å². The van der Waals surface area contributed by atoms with Crippen molar-refractivity contribution in [1.29, 1.82) is 0 Å². The van der Waals surface area contributed by atoms with Crippen molar-refractivity contribution >= 4 is 11.6 Å². The maximum absolute atomic E-state index is 5.76. The van der Waals surface area contributed by atoms with E-state index in [0.717, 1.165) is 17.2 Å². The average molecular weight is 194 g/mol. The number of hydrogen-bond acceptors (Lipinski definition) is 2. The summed E-state index contributed by atoms with van der Waals surface area (Å²) in [6.45, 7) is 0. The Hall–Kier alpha value is -1.28. The van der Waals surface area contributed by atoms with Crippen molar-refractivity contribution in [2.45, 2.75) is 6.42 Å². The Balaban J connectivity index is 2.15. The van der Waals surface area contributed by atoms with Crippen LogP contribution in [0.15, 0.2) is 41.3 Å². The Kier molecular flexibility index (Phi) is 2.32. The largest absolute Gasteiger partial charge is 0.448 e. The molecule has 0 N–H and O–H groups in total. The van der Waals surface area contributed by atoms with Crippen LogP contribution in [0.4, 0.5) is 0 Å². The fourth-order valence-electron chi connectivity index (χ4n) is 1.13. The molecule has 66 valence electrons. The second kappa shape index (κ2) is 3.62. The summed E-state index contributed by atoms with van der Waals surface area (Å²) in [5, 5.41) is 0.751. The van der Waals surface area contributed by atoms with E-state index in [1.165, 1.54) is 12.0 Å². The highest BCUT2D eigenvalue weighted by Crippen LogP contribution is 2.12. The number of oxazole rings is 1. The van der Waals surface area contributed by atoms with E-state index in [0.29, 0.717) is 0 Å². The number of nitrogens with zero attached hydrogens (tertiary/aromatic N) is 1. The first-order valence-electron chi connectivity index (χ1n) is 3.96. The van der Waals surface area contributed by atoms with Crippen LogP contribution in [0.5, 0.6) is 0 Å². The first-order chi connectivity index (χ1) is 6.34. The summed E-state index contributed by atoms with van der Waals surface area (Å²) in [4.78, 5) is 3.84. The third-order valence-corrected chi connectivity index (χ3v) is 2.03. The van der Waals surface area contributed by atoms with Gasteiger partial charge >= 0.3 is 0 Å². The summed E-state index contributed by atoms with van der Waals surface area (Å²) in [7, 11) is 0. The highest BCUT2D eigenvalue weighted by atomic mass is 35.5. The molecule has 1 aromatic carbocycles. The minimum absolute atomic E-state index is 0.751. The Morgan fingerprint density at radius 1 is 1.23 bits per heavy atom. The van der Waals surface area contributed by atoms with E-state index in [2.05, 4.69) is 4.98 Å². The van der Waals surface area contributed by atoms with E-state index in [1.807, 2.05) is 24.3 Å². The van der Waals surface area contributed by atoms with Gasteiger partial charge in [-0.2, -0.15) is 0 Å². The van der Waals surface area contributed by atoms with Gasteiger partial charge in [0.15, 0.2) is 6.39 Å². The summed E-state index contributed by atoms with van der Waals surface area (Å²) in [5.74, 6) is 0.863. The van der Waals surface area contributed by atoms with E-state index < -0.39 is 0 Å². The molecule has 0 unspecified atom stereocenters. The van der Waals surface area contributed by atoms with Crippen LogP contribution in [0, 0.1) is 0 Å². The zero-order valence-corrected chi connectivity index (χ0v) is 7.66. The molecule has 0 bridgehead atoms. The van der Waals surface area contributed by atoms with Crippen LogP contribution in [0.3, 0.4) is 0 Å². The number of rotatable bonds is 2. The molecule has 0 saturated carbocycles. The van der Waals surface area contributed by atoms with E-state index >= 15 is 0 Å². The van der Waals surface area contributed by atoms with Gasteiger partial charge in [0.2, 0.25) is 0 Å². The molecule has 0 amide bonds. The highest BCUT2D eigenvalue weighted by Gasteiger charge is 1.98. The molecule has 2 rings (SSSR count). The third-order valence-electron chi connectivity index (χ3n) is 1.78. The van der Waals surface area contributed by atoms with E-state index in [4.69, 9.17) is 16.0 Å². The first-order valence-corrected chi connectivity index (χ1v) is 4.34. The lowest BCUT2D eigenvalue weighted by Crippen LogP contribution is -1.84. The van der Waals surface area contributed by atoms with Gasteiger partial charge in [-0.25, -0.2) is 4.98 Å². The van der Waals surface area contributed by atoms with Crippen LogP contribution in [-0.4, -0.2) is 4.98 Å². The molecule has 0 aliphatic carbocycles. The normalized spacial score (nSPS) is 10.2. The molecule has 0 aliphatic rings. The van der Waals surface area contributed by atoms with Crippen molar-refractivity contribution in [1.82, 2.24) is 4.98 Å². The molecule has 3 heteroatoms. The average Bonchev–Trinajstić information content (AvgIpc) is 2.62. The van der Waals surface area contributed by atoms with Gasteiger partial charge in [0.25, 0.3) is 0 Å². The number of halogens is 1. The van der Waals surface area contributed by atoms with Crippen LogP contribution >= 0.6 is 11.6 Å². The predicted octanol–water partition coefficient (Wildman–Crippen LogP) is 2.92. The van der Waals surface area contributed by atoms with Crippen LogP contribution in [0.1, 0.15) is 11.3 Å². The monoisotopic (exact) mass is 193 g/mol. The minimum Gasteiger partial charge on any atom is -0.448 e. The van der Waals surface area contributed by atoms with Crippen LogP contribution in [0.25, 0.3) is 0 Å². The fourth-order valence-corrected chi connectivity index (χ4v) is 1.26. The van der Waals surface area contributed by atoms with Crippen molar-refractivity contribution in [3.05, 3.63) is 53.2 Å². The molecule has 0 fully saturated rings. The molecular weight excluding hydrogens is 186 g/mol. The molecule has 1 aromatic heterocycles. The van der Waals surface area contributed by atoms with Crippen molar-refractivity contribution in [3.8, 4) is 0 Å². The third kappa shape index (κ3) is 2.10. The summed E-state index contributed by atoms with van der Waals surface area (Å²) < 4.78 is 5.12. The van der Waals surface area contributed by atoms with Gasteiger partial charge in [-0.05, 0) is 17.7 Å². The number of aromatic nitrogens is 1. The smallest absolute Gasteiger partial charge is 0.180 e. The van der Waals surface area contributed by atoms with Crippen molar-refractivity contribution in [2.75, 3.05) is 0 Å². The molecule has 0 radical (unpaired) electrons. The van der Waals surface area contributed by atoms with E-state index in [1.54, 1.807) is 6.20 Å². The zero-order valence-electron chi connectivity index (χ0n) is 6.90. The number of benzene rings is 1. The molecule has 0 atom stereocenters. The van der Waals surface area contributed by atoms with Crippen molar-refractivity contribution in [3.63, 3.8) is 0 Å². The van der Waals surface area contributed by atoms with Crippen LogP contribution in [0.2, 0.25) is 5.02 Å².